The predicted octanol–water partition coefficient (Wildman–Crippen LogP) is 3.52. The number of benzene rings is 1. The second kappa shape index (κ2) is 7.23. The van der Waals surface area contributed by atoms with Crippen molar-refractivity contribution in [2.24, 2.45) is 0 Å². The summed E-state index contributed by atoms with van der Waals surface area (Å²) >= 11 is 0. The maximum absolute atomic E-state index is 12.8. The van der Waals surface area contributed by atoms with Crippen molar-refractivity contribution in [3.05, 3.63) is 23.8 Å². The Labute approximate surface area is 110 Å². The minimum atomic E-state index is -4.40. The van der Waals surface area contributed by atoms with Crippen molar-refractivity contribution in [2.75, 3.05) is 31.3 Å². The highest BCUT2D eigenvalue weighted by Gasteiger charge is 2.33. The molecule has 0 saturated carbocycles. The van der Waals surface area contributed by atoms with Gasteiger partial charge in [-0.2, -0.15) is 13.2 Å². The molecule has 108 valence electrons. The van der Waals surface area contributed by atoms with Crippen molar-refractivity contribution >= 4 is 11.4 Å². The average molecular weight is 276 g/mol. The van der Waals surface area contributed by atoms with Crippen LogP contribution in [-0.4, -0.2) is 20.3 Å². The topological polar surface area (TPSA) is 47.3 Å². The predicted molar refractivity (Wildman–Crippen MR) is 70.1 cm³/mol. The lowest BCUT2D eigenvalue weighted by Gasteiger charge is -2.15. The van der Waals surface area contributed by atoms with Crippen LogP contribution in [0.2, 0.25) is 0 Å². The zero-order valence-corrected chi connectivity index (χ0v) is 10.9. The summed E-state index contributed by atoms with van der Waals surface area (Å²) in [5.41, 5.74) is 4.86. The van der Waals surface area contributed by atoms with Gasteiger partial charge in [0.1, 0.15) is 0 Å². The van der Waals surface area contributed by atoms with Crippen LogP contribution in [0.1, 0.15) is 24.8 Å². The number of halogens is 3. The van der Waals surface area contributed by atoms with E-state index in [-0.39, 0.29) is 11.4 Å². The van der Waals surface area contributed by atoms with E-state index in [1.165, 1.54) is 12.1 Å². The molecule has 0 aromatic heterocycles. The van der Waals surface area contributed by atoms with Crippen LogP contribution in [-0.2, 0) is 10.9 Å². The summed E-state index contributed by atoms with van der Waals surface area (Å²) in [5.74, 6) is 0. The zero-order valence-electron chi connectivity index (χ0n) is 10.9. The third-order valence-corrected chi connectivity index (χ3v) is 2.69. The Bertz CT molecular complexity index is 394. The Morgan fingerprint density at radius 3 is 2.58 bits per heavy atom. The molecular weight excluding hydrogens is 257 g/mol. The molecule has 0 aliphatic heterocycles. The van der Waals surface area contributed by atoms with E-state index in [9.17, 15) is 13.2 Å². The summed E-state index contributed by atoms with van der Waals surface area (Å²) in [6.07, 6.45) is -1.78. The number of hydrogen-bond acceptors (Lipinski definition) is 3. The van der Waals surface area contributed by atoms with Crippen molar-refractivity contribution in [1.82, 2.24) is 0 Å². The van der Waals surface area contributed by atoms with Gasteiger partial charge in [0.05, 0.1) is 5.56 Å². The fourth-order valence-corrected chi connectivity index (χ4v) is 1.72. The fourth-order valence-electron chi connectivity index (χ4n) is 1.72. The monoisotopic (exact) mass is 276 g/mol. The van der Waals surface area contributed by atoms with Crippen LogP contribution in [0.4, 0.5) is 24.5 Å². The van der Waals surface area contributed by atoms with Gasteiger partial charge in [0.2, 0.25) is 0 Å². The zero-order chi connectivity index (χ0) is 14.3. The summed E-state index contributed by atoms with van der Waals surface area (Å²) in [7, 11) is 1.63. The second-order valence-electron chi connectivity index (χ2n) is 4.28. The first-order chi connectivity index (χ1) is 8.95. The molecule has 0 aliphatic rings. The summed E-state index contributed by atoms with van der Waals surface area (Å²) < 4.78 is 43.3. The standard InChI is InChI=1S/C13H19F3N2O/c1-19-8-4-2-3-7-18-12-6-5-10(17)9-11(12)13(14,15)16/h5-6,9,18H,2-4,7-8,17H2,1H3. The number of nitrogen functional groups attached to an aromatic ring is 1. The van der Waals surface area contributed by atoms with Gasteiger partial charge in [-0.25, -0.2) is 0 Å². The molecule has 0 radical (unpaired) electrons. The van der Waals surface area contributed by atoms with Gasteiger partial charge in [-0.05, 0) is 37.5 Å². The van der Waals surface area contributed by atoms with Crippen molar-refractivity contribution < 1.29 is 17.9 Å². The molecule has 1 aromatic rings. The van der Waals surface area contributed by atoms with Crippen LogP contribution in [0.15, 0.2) is 18.2 Å². The Balaban J connectivity index is 2.54. The molecule has 0 bridgehead atoms. The van der Waals surface area contributed by atoms with Crippen LogP contribution >= 0.6 is 0 Å². The molecule has 6 heteroatoms. The fraction of sp³-hybridized carbons (Fsp3) is 0.538. The lowest BCUT2D eigenvalue weighted by Crippen LogP contribution is -2.12. The van der Waals surface area contributed by atoms with Gasteiger partial charge in [-0.1, -0.05) is 0 Å². The highest BCUT2D eigenvalue weighted by molar-refractivity contribution is 5.59. The summed E-state index contributed by atoms with van der Waals surface area (Å²) in [5, 5.41) is 2.81. The highest BCUT2D eigenvalue weighted by Crippen LogP contribution is 2.36. The number of ether oxygens (including phenoxy) is 1. The largest absolute Gasteiger partial charge is 0.418 e. The lowest BCUT2D eigenvalue weighted by molar-refractivity contribution is -0.136. The third kappa shape index (κ3) is 5.38. The van der Waals surface area contributed by atoms with Crippen molar-refractivity contribution in [1.29, 1.82) is 0 Å². The minimum absolute atomic E-state index is 0.0773. The third-order valence-electron chi connectivity index (χ3n) is 2.69. The number of unbranched alkanes of at least 4 members (excludes halogenated alkanes) is 2. The molecule has 0 spiro atoms. The molecule has 1 rings (SSSR count). The van der Waals surface area contributed by atoms with Gasteiger partial charge in [-0.15, -0.1) is 0 Å². The van der Waals surface area contributed by atoms with Gasteiger partial charge < -0.3 is 15.8 Å². The number of nitrogens with one attached hydrogen (secondary N) is 1. The minimum Gasteiger partial charge on any atom is -0.399 e. The lowest BCUT2D eigenvalue weighted by atomic mass is 10.1. The van der Waals surface area contributed by atoms with Crippen LogP contribution in [0.5, 0.6) is 0 Å². The Hall–Kier alpha value is -1.43. The first kappa shape index (κ1) is 15.6. The maximum atomic E-state index is 12.8. The number of hydrogen-bond donors (Lipinski definition) is 2. The van der Waals surface area contributed by atoms with E-state index in [0.29, 0.717) is 13.2 Å². The number of nitrogens with two attached hydrogens (primary N) is 1. The number of methoxy groups -OCH3 is 1. The van der Waals surface area contributed by atoms with Crippen LogP contribution in [0.3, 0.4) is 0 Å². The van der Waals surface area contributed by atoms with Crippen LogP contribution < -0.4 is 11.1 Å². The van der Waals surface area contributed by atoms with Gasteiger partial charge in [0.15, 0.2) is 0 Å². The maximum Gasteiger partial charge on any atom is 0.418 e. The first-order valence-corrected chi connectivity index (χ1v) is 6.14. The summed E-state index contributed by atoms with van der Waals surface area (Å²) in [4.78, 5) is 0. The quantitative estimate of drug-likeness (QED) is 0.591. The average Bonchev–Trinajstić information content (AvgIpc) is 2.34. The van der Waals surface area contributed by atoms with Crippen molar-refractivity contribution in [3.8, 4) is 0 Å². The molecule has 0 aliphatic carbocycles. The van der Waals surface area contributed by atoms with E-state index in [1.54, 1.807) is 7.11 Å². The van der Waals surface area contributed by atoms with Crippen LogP contribution in [0, 0.1) is 0 Å². The summed E-state index contributed by atoms with van der Waals surface area (Å²) in [6, 6.07) is 3.78. The molecule has 0 atom stereocenters. The smallest absolute Gasteiger partial charge is 0.399 e. The number of anilines is 2. The SMILES string of the molecule is COCCCCCNc1ccc(N)cc1C(F)(F)F. The number of rotatable bonds is 7. The molecule has 3 N–H and O–H groups in total. The first-order valence-electron chi connectivity index (χ1n) is 6.14. The molecule has 0 unspecified atom stereocenters. The molecule has 1 aromatic carbocycles. The van der Waals surface area contributed by atoms with Crippen molar-refractivity contribution in [3.63, 3.8) is 0 Å². The number of alkyl halides is 3. The molecule has 0 fully saturated rings. The van der Waals surface area contributed by atoms with Crippen molar-refractivity contribution in [2.45, 2.75) is 25.4 Å². The normalized spacial score (nSPS) is 11.6. The van der Waals surface area contributed by atoms with Gasteiger partial charge in [0, 0.05) is 31.6 Å². The van der Waals surface area contributed by atoms with Gasteiger partial charge in [-0.3, -0.25) is 0 Å². The molecule has 19 heavy (non-hydrogen) atoms. The summed E-state index contributed by atoms with van der Waals surface area (Å²) in [6.45, 7) is 1.17. The molecule has 0 amide bonds. The van der Waals surface area contributed by atoms with E-state index in [0.717, 1.165) is 25.3 Å². The Morgan fingerprint density at radius 2 is 1.95 bits per heavy atom. The van der Waals surface area contributed by atoms with E-state index in [2.05, 4.69) is 5.32 Å². The van der Waals surface area contributed by atoms with Gasteiger partial charge >= 0.3 is 6.18 Å². The molecule has 0 saturated heterocycles. The van der Waals surface area contributed by atoms with Gasteiger partial charge in [0.25, 0.3) is 0 Å². The molecule has 3 nitrogen and oxygen atoms in total. The Morgan fingerprint density at radius 1 is 1.21 bits per heavy atom. The highest BCUT2D eigenvalue weighted by atomic mass is 19.4. The molecule has 0 heterocycles. The van der Waals surface area contributed by atoms with E-state index in [4.69, 9.17) is 10.5 Å². The molecular formula is C13H19F3N2O. The van der Waals surface area contributed by atoms with E-state index in [1.807, 2.05) is 0 Å². The Kier molecular flexibility index (Phi) is 5.95. The second-order valence-corrected chi connectivity index (χ2v) is 4.28. The van der Waals surface area contributed by atoms with Crippen LogP contribution in [0.25, 0.3) is 0 Å². The van der Waals surface area contributed by atoms with E-state index >= 15 is 0 Å². The van der Waals surface area contributed by atoms with E-state index < -0.39 is 11.7 Å².